The molecule has 0 bridgehead atoms. The number of benzene rings is 1. The molecule has 5 heteroatoms. The fraction of sp³-hybridized carbons (Fsp3) is 0.312. The number of thioether (sulfide) groups is 1. The summed E-state index contributed by atoms with van der Waals surface area (Å²) in [6.45, 7) is 3.00. The Bertz CT molecular complexity index is 562. The van der Waals surface area contributed by atoms with Gasteiger partial charge in [0.05, 0.1) is 0 Å². The van der Waals surface area contributed by atoms with E-state index in [9.17, 15) is 4.39 Å². The number of likely N-dealkylation sites (N-methyl/N-ethyl adjacent to an activating group) is 1. The van der Waals surface area contributed by atoms with E-state index in [4.69, 9.17) is 0 Å². The van der Waals surface area contributed by atoms with E-state index >= 15 is 0 Å². The Labute approximate surface area is 137 Å². The van der Waals surface area contributed by atoms with Crippen LogP contribution in [0.25, 0.3) is 0 Å². The van der Waals surface area contributed by atoms with Gasteiger partial charge in [0.15, 0.2) is 0 Å². The predicted octanol–water partition coefficient (Wildman–Crippen LogP) is 4.30. The second-order valence-corrected chi connectivity index (χ2v) is 6.70. The van der Waals surface area contributed by atoms with Gasteiger partial charge in [-0.3, -0.25) is 4.98 Å². The summed E-state index contributed by atoms with van der Waals surface area (Å²) < 4.78 is 14.2. The maximum atomic E-state index is 13.2. The van der Waals surface area contributed by atoms with E-state index in [2.05, 4.69) is 33.2 Å². The first-order valence-electron chi connectivity index (χ1n) is 6.89. The number of rotatable bonds is 7. The Morgan fingerprint density at radius 2 is 2.19 bits per heavy atom. The maximum Gasteiger partial charge on any atom is 0.124 e. The van der Waals surface area contributed by atoms with Crippen molar-refractivity contribution in [3.8, 4) is 0 Å². The molecule has 0 radical (unpaired) electrons. The van der Waals surface area contributed by atoms with E-state index in [0.29, 0.717) is 6.04 Å². The highest BCUT2D eigenvalue weighted by molar-refractivity contribution is 9.10. The van der Waals surface area contributed by atoms with Gasteiger partial charge in [0.1, 0.15) is 5.82 Å². The molecule has 112 valence electrons. The number of nitrogens with one attached hydrogen (secondary N) is 1. The fourth-order valence-electron chi connectivity index (χ4n) is 2.01. The molecule has 0 aliphatic rings. The largest absolute Gasteiger partial charge is 0.313 e. The number of hydrogen-bond donors (Lipinski definition) is 1. The molecule has 0 aliphatic carbocycles. The fourth-order valence-corrected chi connectivity index (χ4v) is 3.25. The van der Waals surface area contributed by atoms with Crippen LogP contribution in [0, 0.1) is 5.82 Å². The normalized spacial score (nSPS) is 12.3. The third kappa shape index (κ3) is 5.77. The summed E-state index contributed by atoms with van der Waals surface area (Å²) in [6, 6.07) is 11.1. The summed E-state index contributed by atoms with van der Waals surface area (Å²) in [5.74, 6) is 0.698. The van der Waals surface area contributed by atoms with Gasteiger partial charge in [-0.1, -0.05) is 13.0 Å². The van der Waals surface area contributed by atoms with E-state index in [1.165, 1.54) is 6.07 Å². The van der Waals surface area contributed by atoms with Gasteiger partial charge in [0, 0.05) is 39.5 Å². The molecule has 21 heavy (non-hydrogen) atoms. The van der Waals surface area contributed by atoms with Gasteiger partial charge in [-0.2, -0.15) is 0 Å². The minimum absolute atomic E-state index is 0.186. The van der Waals surface area contributed by atoms with Gasteiger partial charge in [0.2, 0.25) is 0 Å². The lowest BCUT2D eigenvalue weighted by atomic mass is 10.1. The average Bonchev–Trinajstić information content (AvgIpc) is 2.47. The molecule has 1 aromatic heterocycles. The minimum atomic E-state index is -0.186. The second-order valence-electron chi connectivity index (χ2n) is 4.69. The van der Waals surface area contributed by atoms with Crippen molar-refractivity contribution < 1.29 is 4.39 Å². The smallest absolute Gasteiger partial charge is 0.124 e. The Kier molecular flexibility index (Phi) is 6.67. The predicted molar refractivity (Wildman–Crippen MR) is 90.2 cm³/mol. The number of pyridine rings is 1. The van der Waals surface area contributed by atoms with Gasteiger partial charge in [-0.25, -0.2) is 4.39 Å². The molecule has 0 fully saturated rings. The molecule has 1 aromatic carbocycles. The first kappa shape index (κ1) is 16.5. The molecule has 0 saturated carbocycles. The highest BCUT2D eigenvalue weighted by Crippen LogP contribution is 2.20. The molecule has 0 amide bonds. The second kappa shape index (κ2) is 8.51. The lowest BCUT2D eigenvalue weighted by Crippen LogP contribution is -2.33. The first-order chi connectivity index (χ1) is 10.2. The first-order valence-corrected chi connectivity index (χ1v) is 8.67. The van der Waals surface area contributed by atoms with Crippen molar-refractivity contribution in [1.82, 2.24) is 10.3 Å². The molecule has 1 N–H and O–H groups in total. The van der Waals surface area contributed by atoms with Crippen LogP contribution in [0.2, 0.25) is 0 Å². The van der Waals surface area contributed by atoms with Crippen molar-refractivity contribution in [3.05, 3.63) is 58.6 Å². The Morgan fingerprint density at radius 1 is 1.33 bits per heavy atom. The summed E-state index contributed by atoms with van der Waals surface area (Å²) in [5.41, 5.74) is 1.06. The van der Waals surface area contributed by atoms with E-state index in [-0.39, 0.29) is 5.82 Å². The molecular formula is C16H18BrFN2S. The zero-order chi connectivity index (χ0) is 15.1. The summed E-state index contributed by atoms with van der Waals surface area (Å²) in [4.78, 5) is 5.37. The zero-order valence-electron chi connectivity index (χ0n) is 11.9. The Morgan fingerprint density at radius 3 is 2.86 bits per heavy atom. The minimum Gasteiger partial charge on any atom is -0.313 e. The molecule has 2 rings (SSSR count). The van der Waals surface area contributed by atoms with Crippen LogP contribution in [0.1, 0.15) is 12.6 Å². The molecular weight excluding hydrogens is 351 g/mol. The van der Waals surface area contributed by atoms with Crippen molar-refractivity contribution in [2.45, 2.75) is 24.3 Å². The van der Waals surface area contributed by atoms with Crippen LogP contribution in [0.5, 0.6) is 0 Å². The van der Waals surface area contributed by atoms with Gasteiger partial charge in [-0.05, 0) is 52.8 Å². The number of nitrogens with zero attached hydrogens (tertiary/aromatic N) is 1. The maximum absolute atomic E-state index is 13.2. The molecule has 0 aliphatic heterocycles. The van der Waals surface area contributed by atoms with Crippen LogP contribution in [0.15, 0.2) is 52.0 Å². The molecule has 2 aromatic rings. The number of hydrogen-bond acceptors (Lipinski definition) is 3. The molecule has 1 atom stereocenters. The summed E-state index contributed by atoms with van der Waals surface area (Å²) in [5, 5.41) is 3.46. The summed E-state index contributed by atoms with van der Waals surface area (Å²) in [6.07, 6.45) is 2.68. The summed E-state index contributed by atoms with van der Waals surface area (Å²) in [7, 11) is 0. The SMILES string of the molecule is CCNC(CSc1cccc(F)c1)Cc1ccc(Br)cn1. The van der Waals surface area contributed by atoms with Gasteiger partial charge in [-0.15, -0.1) is 11.8 Å². The zero-order valence-corrected chi connectivity index (χ0v) is 14.3. The van der Waals surface area contributed by atoms with Crippen LogP contribution in [0.4, 0.5) is 4.39 Å². The van der Waals surface area contributed by atoms with Crippen LogP contribution < -0.4 is 5.32 Å². The van der Waals surface area contributed by atoms with Gasteiger partial charge < -0.3 is 5.32 Å². The van der Waals surface area contributed by atoms with Gasteiger partial charge >= 0.3 is 0 Å². The third-order valence-corrected chi connectivity index (χ3v) is 4.61. The van der Waals surface area contributed by atoms with E-state index in [0.717, 1.165) is 33.8 Å². The molecule has 2 nitrogen and oxygen atoms in total. The van der Waals surface area contributed by atoms with Gasteiger partial charge in [0.25, 0.3) is 0 Å². The van der Waals surface area contributed by atoms with Crippen molar-refractivity contribution in [3.63, 3.8) is 0 Å². The van der Waals surface area contributed by atoms with Crippen LogP contribution in [0.3, 0.4) is 0 Å². The van der Waals surface area contributed by atoms with E-state index < -0.39 is 0 Å². The highest BCUT2D eigenvalue weighted by atomic mass is 79.9. The Balaban J connectivity index is 1.93. The molecule has 0 spiro atoms. The monoisotopic (exact) mass is 368 g/mol. The quantitative estimate of drug-likeness (QED) is 0.737. The van der Waals surface area contributed by atoms with Crippen molar-refractivity contribution >= 4 is 27.7 Å². The van der Waals surface area contributed by atoms with E-state index in [1.54, 1.807) is 23.9 Å². The van der Waals surface area contributed by atoms with E-state index in [1.807, 2.05) is 24.4 Å². The number of aromatic nitrogens is 1. The van der Waals surface area contributed by atoms with Crippen LogP contribution in [-0.4, -0.2) is 23.3 Å². The lowest BCUT2D eigenvalue weighted by Gasteiger charge is -2.17. The van der Waals surface area contributed by atoms with Crippen LogP contribution >= 0.6 is 27.7 Å². The highest BCUT2D eigenvalue weighted by Gasteiger charge is 2.10. The number of halogens is 2. The standard InChI is InChI=1S/C16H18BrFN2S/c1-2-19-15(9-14-7-6-12(17)10-20-14)11-21-16-5-3-4-13(18)8-16/h3-8,10,15,19H,2,9,11H2,1H3. The van der Waals surface area contributed by atoms with Crippen molar-refractivity contribution in [1.29, 1.82) is 0 Å². The third-order valence-electron chi connectivity index (χ3n) is 2.98. The lowest BCUT2D eigenvalue weighted by molar-refractivity contribution is 0.566. The van der Waals surface area contributed by atoms with Crippen molar-refractivity contribution in [2.24, 2.45) is 0 Å². The van der Waals surface area contributed by atoms with Crippen molar-refractivity contribution in [2.75, 3.05) is 12.3 Å². The molecule has 0 saturated heterocycles. The average molecular weight is 369 g/mol. The Hall–Kier alpha value is -0.910. The molecule has 1 unspecified atom stereocenters. The summed E-state index contributed by atoms with van der Waals surface area (Å²) >= 11 is 5.06. The molecule has 1 heterocycles. The van der Waals surface area contributed by atoms with Crippen LogP contribution in [-0.2, 0) is 6.42 Å². The topological polar surface area (TPSA) is 24.9 Å².